The van der Waals surface area contributed by atoms with Crippen molar-refractivity contribution in [1.82, 2.24) is 0 Å². The van der Waals surface area contributed by atoms with Gasteiger partial charge in [-0.05, 0) is 6.07 Å². The van der Waals surface area contributed by atoms with E-state index in [0.717, 1.165) is 0 Å². The van der Waals surface area contributed by atoms with Gasteiger partial charge < -0.3 is 9.84 Å². The van der Waals surface area contributed by atoms with Gasteiger partial charge in [-0.15, -0.1) is 0 Å². The highest BCUT2D eigenvalue weighted by molar-refractivity contribution is 5.83. The van der Waals surface area contributed by atoms with Crippen molar-refractivity contribution in [3.8, 4) is 11.5 Å². The second-order valence-corrected chi connectivity index (χ2v) is 2.70. The molecule has 0 aliphatic carbocycles. The average Bonchev–Trinajstić information content (AvgIpc) is 2.17. The number of nitroso groups, excluding NO2 is 1. The lowest BCUT2D eigenvalue weighted by molar-refractivity contribution is -0.429. The van der Waals surface area contributed by atoms with Crippen LogP contribution >= 0.6 is 0 Å². The fourth-order valence-electron chi connectivity index (χ4n) is 1.06. The third kappa shape index (κ3) is 1.71. The van der Waals surface area contributed by atoms with Crippen LogP contribution in [0.2, 0.25) is 0 Å². The summed E-state index contributed by atoms with van der Waals surface area (Å²) in [5.41, 5.74) is 0.0356. The van der Waals surface area contributed by atoms with Crippen molar-refractivity contribution >= 4 is 12.0 Å². The molecule has 0 atom stereocenters. The summed E-state index contributed by atoms with van der Waals surface area (Å²) in [4.78, 5) is 21.5. The first kappa shape index (κ1) is 10.2. The molecule has 5 nitrogen and oxygen atoms in total. The Bertz CT molecular complexity index is 387. The molecule has 0 saturated heterocycles. The standard InChI is InChI=1S/C9H9NO4/c1-10(13)8-4-7(14-2)3-6(5-11)9(8)12/h3-5H,1-2H3/p+1. The number of carbonyl (C=O) groups excluding carboxylic acids is 1. The second kappa shape index (κ2) is 3.87. The Hall–Kier alpha value is -1.91. The lowest BCUT2D eigenvalue weighted by atomic mass is 10.1. The Morgan fingerprint density at radius 1 is 1.50 bits per heavy atom. The number of benzene rings is 1. The molecular weight excluding hydrogens is 186 g/mol. The molecule has 0 aliphatic rings. The predicted molar refractivity (Wildman–Crippen MR) is 49.3 cm³/mol. The van der Waals surface area contributed by atoms with Crippen LogP contribution in [-0.2, 0) is 0 Å². The molecule has 0 spiro atoms. The number of aldehydes is 1. The monoisotopic (exact) mass is 196 g/mol. The molecule has 0 heterocycles. The zero-order chi connectivity index (χ0) is 10.7. The maximum atomic E-state index is 11.0. The van der Waals surface area contributed by atoms with E-state index in [9.17, 15) is 14.8 Å². The van der Waals surface area contributed by atoms with Crippen LogP contribution in [0, 0.1) is 4.91 Å². The molecule has 0 aromatic heterocycles. The maximum Gasteiger partial charge on any atom is 0.301 e. The minimum Gasteiger partial charge on any atom is -0.502 e. The summed E-state index contributed by atoms with van der Waals surface area (Å²) in [6.45, 7) is 0. The van der Waals surface area contributed by atoms with Crippen molar-refractivity contribution < 1.29 is 19.4 Å². The Morgan fingerprint density at radius 2 is 2.14 bits per heavy atom. The Morgan fingerprint density at radius 3 is 2.57 bits per heavy atom. The third-order valence-electron chi connectivity index (χ3n) is 1.79. The Labute approximate surface area is 80.5 Å². The lowest BCUT2D eigenvalue weighted by Gasteiger charge is -2.02. The first-order chi connectivity index (χ1) is 6.60. The number of nitrogens with zero attached hydrogens (tertiary/aromatic N) is 1. The van der Waals surface area contributed by atoms with Crippen LogP contribution in [0.15, 0.2) is 12.1 Å². The van der Waals surface area contributed by atoms with Gasteiger partial charge in [0.05, 0.1) is 18.7 Å². The highest BCUT2D eigenvalue weighted by Gasteiger charge is 2.19. The fourth-order valence-corrected chi connectivity index (χ4v) is 1.06. The lowest BCUT2D eigenvalue weighted by Crippen LogP contribution is -1.95. The van der Waals surface area contributed by atoms with Gasteiger partial charge in [0.1, 0.15) is 5.75 Å². The first-order valence-corrected chi connectivity index (χ1v) is 3.87. The van der Waals surface area contributed by atoms with Gasteiger partial charge in [-0.25, -0.2) is 0 Å². The summed E-state index contributed by atoms with van der Waals surface area (Å²) in [5, 5.41) is 9.45. The smallest absolute Gasteiger partial charge is 0.301 e. The van der Waals surface area contributed by atoms with E-state index >= 15 is 0 Å². The molecule has 1 aromatic rings. The molecule has 0 radical (unpaired) electrons. The van der Waals surface area contributed by atoms with Crippen LogP contribution < -0.4 is 4.74 Å². The molecule has 0 saturated carbocycles. The summed E-state index contributed by atoms with van der Waals surface area (Å²) < 4.78 is 5.33. The summed E-state index contributed by atoms with van der Waals surface area (Å²) in [7, 11) is 2.64. The summed E-state index contributed by atoms with van der Waals surface area (Å²) in [6.07, 6.45) is 0.463. The fraction of sp³-hybridized carbons (Fsp3) is 0.222. The van der Waals surface area contributed by atoms with Crippen LogP contribution in [0.5, 0.6) is 11.5 Å². The molecule has 0 amide bonds. The molecule has 0 aliphatic heterocycles. The third-order valence-corrected chi connectivity index (χ3v) is 1.79. The number of ether oxygens (including phenoxy) is 1. The number of phenolic OH excluding ortho intramolecular Hbond substituents is 1. The van der Waals surface area contributed by atoms with Gasteiger partial charge in [-0.3, -0.25) is 4.79 Å². The van der Waals surface area contributed by atoms with Gasteiger partial charge in [0.25, 0.3) is 0 Å². The summed E-state index contributed by atoms with van der Waals surface area (Å²) in [5.74, 6) is 0.0147. The molecular formula is C9H10NO4+. The SMILES string of the molecule is COc1cc(C=O)c(O)c([N+](C)=O)c1. The van der Waals surface area contributed by atoms with Crippen LogP contribution in [0.1, 0.15) is 10.4 Å². The topological polar surface area (TPSA) is 66.6 Å². The van der Waals surface area contributed by atoms with E-state index in [0.29, 0.717) is 16.8 Å². The van der Waals surface area contributed by atoms with E-state index in [1.165, 1.54) is 26.3 Å². The highest BCUT2D eigenvalue weighted by Crippen LogP contribution is 2.32. The van der Waals surface area contributed by atoms with E-state index in [2.05, 4.69) is 0 Å². The van der Waals surface area contributed by atoms with Gasteiger partial charge in [0, 0.05) is 9.67 Å². The molecule has 14 heavy (non-hydrogen) atoms. The van der Waals surface area contributed by atoms with Crippen LogP contribution in [0.4, 0.5) is 5.69 Å². The molecule has 0 unspecified atom stereocenters. The second-order valence-electron chi connectivity index (χ2n) is 2.70. The van der Waals surface area contributed by atoms with Crippen molar-refractivity contribution in [3.63, 3.8) is 0 Å². The van der Waals surface area contributed by atoms with E-state index in [4.69, 9.17) is 4.74 Å². The zero-order valence-electron chi connectivity index (χ0n) is 7.85. The molecule has 1 aromatic carbocycles. The number of methoxy groups -OCH3 is 1. The molecule has 0 fully saturated rings. The van der Waals surface area contributed by atoms with Crippen molar-refractivity contribution in [2.75, 3.05) is 14.2 Å². The Kier molecular flexibility index (Phi) is 2.81. The average molecular weight is 196 g/mol. The Balaban J connectivity index is 3.41. The maximum absolute atomic E-state index is 11.0. The molecule has 1 N–H and O–H groups in total. The van der Waals surface area contributed by atoms with Gasteiger partial charge >= 0.3 is 5.69 Å². The van der Waals surface area contributed by atoms with Gasteiger partial charge in [-0.1, -0.05) is 0 Å². The van der Waals surface area contributed by atoms with Gasteiger partial charge in [0.2, 0.25) is 5.75 Å². The van der Waals surface area contributed by atoms with E-state index in [1.54, 1.807) is 0 Å². The van der Waals surface area contributed by atoms with Crippen molar-refractivity contribution in [2.45, 2.75) is 0 Å². The molecule has 0 bridgehead atoms. The minimum atomic E-state index is -0.335. The van der Waals surface area contributed by atoms with E-state index in [-0.39, 0.29) is 17.0 Å². The van der Waals surface area contributed by atoms with Crippen molar-refractivity contribution in [2.24, 2.45) is 0 Å². The number of hydrogen-bond donors (Lipinski definition) is 1. The van der Waals surface area contributed by atoms with E-state index < -0.39 is 0 Å². The summed E-state index contributed by atoms with van der Waals surface area (Å²) >= 11 is 0. The summed E-state index contributed by atoms with van der Waals surface area (Å²) in [6, 6.07) is 2.71. The van der Waals surface area contributed by atoms with Gasteiger partial charge in [-0.2, -0.15) is 0 Å². The molecule has 1 rings (SSSR count). The van der Waals surface area contributed by atoms with Crippen LogP contribution in [-0.4, -0.2) is 30.3 Å². The number of aromatic hydroxyl groups is 1. The van der Waals surface area contributed by atoms with Crippen LogP contribution in [0.25, 0.3) is 0 Å². The number of rotatable bonds is 3. The zero-order valence-corrected chi connectivity index (χ0v) is 7.85. The minimum absolute atomic E-state index is 0.00597. The number of phenols is 1. The highest BCUT2D eigenvalue weighted by atomic mass is 16.5. The molecule has 5 heteroatoms. The van der Waals surface area contributed by atoms with E-state index in [1.807, 2.05) is 0 Å². The molecule has 74 valence electrons. The first-order valence-electron chi connectivity index (χ1n) is 3.87. The number of hydrogen-bond acceptors (Lipinski definition) is 4. The quantitative estimate of drug-likeness (QED) is 0.583. The largest absolute Gasteiger partial charge is 0.502 e. The predicted octanol–water partition coefficient (Wildman–Crippen LogP) is 1.25. The number of carbonyl (C=O) groups is 1. The van der Waals surface area contributed by atoms with Crippen molar-refractivity contribution in [3.05, 3.63) is 22.6 Å². The normalized spacial score (nSPS) is 9.57. The van der Waals surface area contributed by atoms with Crippen molar-refractivity contribution in [1.29, 1.82) is 0 Å². The van der Waals surface area contributed by atoms with Crippen LogP contribution in [0.3, 0.4) is 0 Å². The van der Waals surface area contributed by atoms with Gasteiger partial charge in [0.15, 0.2) is 13.3 Å².